The van der Waals surface area contributed by atoms with Gasteiger partial charge in [0.05, 0.1) is 12.6 Å². The van der Waals surface area contributed by atoms with Gasteiger partial charge < -0.3 is 10.6 Å². The molecule has 0 aromatic carbocycles. The molecule has 0 bridgehead atoms. The van der Waals surface area contributed by atoms with Gasteiger partial charge >= 0.3 is 0 Å². The zero-order chi connectivity index (χ0) is 16.3. The van der Waals surface area contributed by atoms with Crippen LogP contribution in [0.4, 0.5) is 0 Å². The maximum absolute atomic E-state index is 12.4. The summed E-state index contributed by atoms with van der Waals surface area (Å²) in [6.07, 6.45) is 5.68. The van der Waals surface area contributed by atoms with Gasteiger partial charge in [0, 0.05) is 12.1 Å². The van der Waals surface area contributed by atoms with Gasteiger partial charge in [0.1, 0.15) is 0 Å². The number of rotatable bonds is 6. The van der Waals surface area contributed by atoms with Crippen molar-refractivity contribution in [3.8, 4) is 0 Å². The molecular formula is C17H31N3O2. The van der Waals surface area contributed by atoms with Crippen LogP contribution >= 0.6 is 0 Å². The maximum atomic E-state index is 12.4. The van der Waals surface area contributed by atoms with Crippen LogP contribution in [0.15, 0.2) is 0 Å². The third kappa shape index (κ3) is 4.70. The molecule has 2 rings (SSSR count). The quantitative estimate of drug-likeness (QED) is 0.782. The number of nitrogens with zero attached hydrogens (tertiary/aromatic N) is 1. The molecule has 2 aliphatic carbocycles. The first kappa shape index (κ1) is 17.3. The molecule has 0 heterocycles. The summed E-state index contributed by atoms with van der Waals surface area (Å²) in [7, 11) is 1.84. The van der Waals surface area contributed by atoms with Gasteiger partial charge in [-0.3, -0.25) is 14.5 Å². The molecule has 4 atom stereocenters. The molecule has 2 saturated carbocycles. The lowest BCUT2D eigenvalue weighted by Crippen LogP contribution is -2.52. The van der Waals surface area contributed by atoms with Crippen molar-refractivity contribution in [2.75, 3.05) is 13.6 Å². The first-order valence-electron chi connectivity index (χ1n) is 8.68. The van der Waals surface area contributed by atoms with Gasteiger partial charge in [-0.05, 0) is 45.1 Å². The van der Waals surface area contributed by atoms with Crippen molar-refractivity contribution >= 4 is 11.8 Å². The minimum atomic E-state index is -0.283. The zero-order valence-corrected chi connectivity index (χ0v) is 14.4. The van der Waals surface area contributed by atoms with Gasteiger partial charge in [-0.25, -0.2) is 0 Å². The lowest BCUT2D eigenvalue weighted by Gasteiger charge is -2.36. The molecule has 0 radical (unpaired) electrons. The number of likely N-dealkylation sites (N-methyl/N-ethyl adjacent to an activating group) is 1. The summed E-state index contributed by atoms with van der Waals surface area (Å²) in [5.41, 5.74) is 0. The minimum absolute atomic E-state index is 0.0179. The number of carbonyl (C=O) groups excluding carboxylic acids is 2. The molecule has 0 saturated heterocycles. The fourth-order valence-electron chi connectivity index (χ4n) is 3.15. The van der Waals surface area contributed by atoms with E-state index in [-0.39, 0.29) is 30.4 Å². The highest BCUT2D eigenvalue weighted by molar-refractivity contribution is 5.83. The molecule has 5 nitrogen and oxygen atoms in total. The Labute approximate surface area is 134 Å². The van der Waals surface area contributed by atoms with Crippen molar-refractivity contribution in [2.45, 2.75) is 71.0 Å². The molecule has 2 N–H and O–H groups in total. The molecule has 0 aromatic heterocycles. The highest BCUT2D eigenvalue weighted by Gasteiger charge is 2.30. The van der Waals surface area contributed by atoms with Crippen molar-refractivity contribution < 1.29 is 9.59 Å². The van der Waals surface area contributed by atoms with Crippen LogP contribution in [-0.2, 0) is 9.59 Å². The molecule has 4 unspecified atom stereocenters. The Balaban J connectivity index is 1.78. The molecule has 2 amide bonds. The van der Waals surface area contributed by atoms with Gasteiger partial charge in [-0.1, -0.05) is 26.7 Å². The van der Waals surface area contributed by atoms with Crippen LogP contribution in [0.2, 0.25) is 0 Å². The lowest BCUT2D eigenvalue weighted by atomic mass is 9.78. The first-order chi connectivity index (χ1) is 10.4. The standard InChI is InChI=1S/C17H31N3O2/c1-11-6-5-7-15(12(11)2)19-17(22)13(3)20(4)10-16(21)18-14-8-9-14/h11-15H,5-10H2,1-4H3,(H,18,21)(H,19,22). The van der Waals surface area contributed by atoms with Crippen molar-refractivity contribution in [3.05, 3.63) is 0 Å². The van der Waals surface area contributed by atoms with E-state index in [0.29, 0.717) is 17.9 Å². The van der Waals surface area contributed by atoms with Gasteiger partial charge in [-0.15, -0.1) is 0 Å². The molecule has 0 spiro atoms. The highest BCUT2D eigenvalue weighted by Crippen LogP contribution is 2.29. The average Bonchev–Trinajstić information content (AvgIpc) is 3.26. The molecule has 0 aromatic rings. The Morgan fingerprint density at radius 2 is 1.82 bits per heavy atom. The van der Waals surface area contributed by atoms with Gasteiger partial charge in [0.25, 0.3) is 0 Å². The van der Waals surface area contributed by atoms with E-state index in [1.165, 1.54) is 12.8 Å². The number of hydrogen-bond acceptors (Lipinski definition) is 3. The molecule has 5 heteroatoms. The monoisotopic (exact) mass is 309 g/mol. The van der Waals surface area contributed by atoms with E-state index in [1.807, 2.05) is 18.9 Å². The van der Waals surface area contributed by atoms with E-state index in [4.69, 9.17) is 0 Å². The summed E-state index contributed by atoms with van der Waals surface area (Å²) >= 11 is 0. The fraction of sp³-hybridized carbons (Fsp3) is 0.882. The van der Waals surface area contributed by atoms with Crippen LogP contribution in [0, 0.1) is 11.8 Å². The normalized spacial score (nSPS) is 30.0. The molecule has 0 aliphatic heterocycles. The summed E-state index contributed by atoms with van der Waals surface area (Å²) < 4.78 is 0. The van der Waals surface area contributed by atoms with Crippen molar-refractivity contribution in [1.29, 1.82) is 0 Å². The van der Waals surface area contributed by atoms with E-state index in [9.17, 15) is 9.59 Å². The predicted octanol–water partition coefficient (Wildman–Crippen LogP) is 1.53. The van der Waals surface area contributed by atoms with Crippen LogP contribution < -0.4 is 10.6 Å². The Kier molecular flexibility index (Phi) is 5.84. The largest absolute Gasteiger partial charge is 0.352 e. The van der Waals surface area contributed by atoms with Crippen molar-refractivity contribution in [1.82, 2.24) is 15.5 Å². The van der Waals surface area contributed by atoms with Gasteiger partial charge in [-0.2, -0.15) is 0 Å². The Morgan fingerprint density at radius 3 is 2.45 bits per heavy atom. The number of carbonyl (C=O) groups is 2. The Hall–Kier alpha value is -1.10. The number of amides is 2. The second kappa shape index (κ2) is 7.44. The Bertz CT molecular complexity index is 409. The van der Waals surface area contributed by atoms with Crippen LogP contribution in [0.25, 0.3) is 0 Å². The summed E-state index contributed by atoms with van der Waals surface area (Å²) in [6, 6.07) is 0.358. The number of nitrogens with one attached hydrogen (secondary N) is 2. The summed E-state index contributed by atoms with van der Waals surface area (Å²) in [5, 5.41) is 6.15. The topological polar surface area (TPSA) is 61.4 Å². The number of hydrogen-bond donors (Lipinski definition) is 2. The third-order valence-corrected chi connectivity index (χ3v) is 5.41. The zero-order valence-electron chi connectivity index (χ0n) is 14.4. The molecule has 126 valence electrons. The summed E-state index contributed by atoms with van der Waals surface area (Å²) in [6.45, 7) is 6.64. The summed E-state index contributed by atoms with van der Waals surface area (Å²) in [4.78, 5) is 26.1. The lowest BCUT2D eigenvalue weighted by molar-refractivity contribution is -0.128. The second-order valence-corrected chi connectivity index (χ2v) is 7.32. The van der Waals surface area contributed by atoms with E-state index in [0.717, 1.165) is 19.3 Å². The SMILES string of the molecule is CC1CCCC(NC(=O)C(C)N(C)CC(=O)NC2CC2)C1C. The maximum Gasteiger partial charge on any atom is 0.237 e. The average molecular weight is 309 g/mol. The van der Waals surface area contributed by atoms with Gasteiger partial charge in [0.2, 0.25) is 11.8 Å². The highest BCUT2D eigenvalue weighted by atomic mass is 16.2. The minimum Gasteiger partial charge on any atom is -0.352 e. The second-order valence-electron chi connectivity index (χ2n) is 7.32. The molecular weight excluding hydrogens is 278 g/mol. The van der Waals surface area contributed by atoms with Crippen molar-refractivity contribution in [3.63, 3.8) is 0 Å². The van der Waals surface area contributed by atoms with E-state index >= 15 is 0 Å². The summed E-state index contributed by atoms with van der Waals surface area (Å²) in [5.74, 6) is 1.24. The van der Waals surface area contributed by atoms with Crippen LogP contribution in [-0.4, -0.2) is 48.4 Å². The Morgan fingerprint density at radius 1 is 1.14 bits per heavy atom. The van der Waals surface area contributed by atoms with Crippen molar-refractivity contribution in [2.24, 2.45) is 11.8 Å². The van der Waals surface area contributed by atoms with Crippen LogP contribution in [0.5, 0.6) is 0 Å². The van der Waals surface area contributed by atoms with E-state index in [2.05, 4.69) is 24.5 Å². The van der Waals surface area contributed by atoms with Crippen LogP contribution in [0.1, 0.15) is 52.9 Å². The van der Waals surface area contributed by atoms with Gasteiger partial charge in [0.15, 0.2) is 0 Å². The predicted molar refractivity (Wildman–Crippen MR) is 87.4 cm³/mol. The smallest absolute Gasteiger partial charge is 0.237 e. The molecule has 22 heavy (non-hydrogen) atoms. The molecule has 2 fully saturated rings. The van der Waals surface area contributed by atoms with Crippen LogP contribution in [0.3, 0.4) is 0 Å². The van der Waals surface area contributed by atoms with E-state index in [1.54, 1.807) is 0 Å². The first-order valence-corrected chi connectivity index (χ1v) is 8.68. The third-order valence-electron chi connectivity index (χ3n) is 5.41. The van der Waals surface area contributed by atoms with E-state index < -0.39 is 0 Å². The fourth-order valence-corrected chi connectivity index (χ4v) is 3.15. The molecule has 2 aliphatic rings.